The van der Waals surface area contributed by atoms with Crippen LogP contribution in [0, 0.1) is 24.0 Å². The normalized spacial score (nSPS) is 14.7. The number of imide groups is 2. The molecule has 9 nitrogen and oxygen atoms in total. The SMILES string of the molecule is Cc1ccc(N2C(=O)NC(=O)/C(=C/c3cccc(OCc4ccc([N+](=O)[O-])cc4)c3)C2=O)c(C)c1. The lowest BCUT2D eigenvalue weighted by molar-refractivity contribution is -0.384. The number of carbonyl (C=O) groups excluding carboxylic acids is 3. The summed E-state index contributed by atoms with van der Waals surface area (Å²) >= 11 is 0. The van der Waals surface area contributed by atoms with Crippen molar-refractivity contribution in [2.75, 3.05) is 4.90 Å². The van der Waals surface area contributed by atoms with Crippen molar-refractivity contribution in [1.29, 1.82) is 0 Å². The standard InChI is InChI=1S/C26H21N3O6/c1-16-6-11-23(17(2)12-16)28-25(31)22(24(30)27-26(28)32)14-19-4-3-5-21(13-19)35-15-18-7-9-20(10-8-18)29(33)34/h3-14H,15H2,1-2H3,(H,27,30,32)/b22-14-. The molecule has 1 aliphatic rings. The van der Waals surface area contributed by atoms with Gasteiger partial charge in [0, 0.05) is 12.1 Å². The molecule has 4 amide bonds. The van der Waals surface area contributed by atoms with E-state index < -0.39 is 22.8 Å². The maximum Gasteiger partial charge on any atom is 0.335 e. The first-order valence-corrected chi connectivity index (χ1v) is 10.7. The van der Waals surface area contributed by atoms with Crippen LogP contribution in [-0.2, 0) is 16.2 Å². The zero-order valence-corrected chi connectivity index (χ0v) is 19.0. The molecule has 0 aliphatic carbocycles. The lowest BCUT2D eigenvalue weighted by Gasteiger charge is -2.27. The molecule has 176 valence electrons. The zero-order chi connectivity index (χ0) is 25.1. The lowest BCUT2D eigenvalue weighted by Crippen LogP contribution is -2.54. The summed E-state index contributed by atoms with van der Waals surface area (Å²) in [6.07, 6.45) is 1.40. The van der Waals surface area contributed by atoms with Gasteiger partial charge < -0.3 is 4.74 Å². The molecule has 0 bridgehead atoms. The van der Waals surface area contributed by atoms with Gasteiger partial charge in [0.2, 0.25) is 0 Å². The molecule has 35 heavy (non-hydrogen) atoms. The molecule has 3 aromatic carbocycles. The van der Waals surface area contributed by atoms with E-state index in [2.05, 4.69) is 5.32 Å². The zero-order valence-electron chi connectivity index (χ0n) is 19.0. The number of urea groups is 1. The summed E-state index contributed by atoms with van der Waals surface area (Å²) in [5.74, 6) is -1.02. The Balaban J connectivity index is 1.55. The van der Waals surface area contributed by atoms with Gasteiger partial charge in [0.25, 0.3) is 17.5 Å². The number of nitrogens with zero attached hydrogens (tertiary/aromatic N) is 2. The van der Waals surface area contributed by atoms with E-state index in [1.54, 1.807) is 55.5 Å². The minimum atomic E-state index is -0.802. The third-order valence-corrected chi connectivity index (χ3v) is 5.42. The second kappa shape index (κ2) is 9.60. The van der Waals surface area contributed by atoms with E-state index >= 15 is 0 Å². The lowest BCUT2D eigenvalue weighted by atomic mass is 10.0. The quantitative estimate of drug-likeness (QED) is 0.245. The van der Waals surface area contributed by atoms with Gasteiger partial charge in [0.1, 0.15) is 17.9 Å². The Morgan fingerprint density at radius 1 is 1.00 bits per heavy atom. The van der Waals surface area contributed by atoms with Crippen LogP contribution in [0.5, 0.6) is 5.75 Å². The number of aryl methyl sites for hydroxylation is 2. The summed E-state index contributed by atoms with van der Waals surface area (Å²) in [5.41, 5.74) is 3.18. The Bertz CT molecular complexity index is 1380. The number of anilines is 1. The molecule has 0 unspecified atom stereocenters. The predicted molar refractivity (Wildman–Crippen MR) is 129 cm³/mol. The van der Waals surface area contributed by atoms with Crippen LogP contribution in [0.25, 0.3) is 6.08 Å². The molecule has 0 spiro atoms. The fourth-order valence-electron chi connectivity index (χ4n) is 3.67. The molecular weight excluding hydrogens is 450 g/mol. The average Bonchev–Trinajstić information content (AvgIpc) is 2.82. The third kappa shape index (κ3) is 5.09. The second-order valence-electron chi connectivity index (χ2n) is 8.03. The van der Waals surface area contributed by atoms with Crippen LogP contribution < -0.4 is 15.0 Å². The highest BCUT2D eigenvalue weighted by Gasteiger charge is 2.37. The van der Waals surface area contributed by atoms with Gasteiger partial charge in [-0.3, -0.25) is 25.0 Å². The number of nitrogens with one attached hydrogen (secondary N) is 1. The topological polar surface area (TPSA) is 119 Å². The number of hydrogen-bond donors (Lipinski definition) is 1. The van der Waals surface area contributed by atoms with Crippen LogP contribution >= 0.6 is 0 Å². The molecule has 0 saturated carbocycles. The van der Waals surface area contributed by atoms with Gasteiger partial charge in [0.15, 0.2) is 0 Å². The number of ether oxygens (including phenoxy) is 1. The third-order valence-electron chi connectivity index (χ3n) is 5.42. The van der Waals surface area contributed by atoms with Crippen molar-refractivity contribution >= 4 is 35.3 Å². The highest BCUT2D eigenvalue weighted by molar-refractivity contribution is 6.39. The summed E-state index contributed by atoms with van der Waals surface area (Å²) in [6, 6.07) is 17.3. The largest absolute Gasteiger partial charge is 0.489 e. The summed E-state index contributed by atoms with van der Waals surface area (Å²) in [6.45, 7) is 3.86. The predicted octanol–water partition coefficient (Wildman–Crippen LogP) is 4.46. The number of carbonyl (C=O) groups is 3. The fraction of sp³-hybridized carbons (Fsp3) is 0.115. The number of non-ortho nitro benzene ring substituents is 1. The van der Waals surface area contributed by atoms with Crippen LogP contribution in [0.1, 0.15) is 22.3 Å². The maximum absolute atomic E-state index is 13.2. The molecule has 1 heterocycles. The van der Waals surface area contributed by atoms with Crippen molar-refractivity contribution in [3.63, 3.8) is 0 Å². The minimum Gasteiger partial charge on any atom is -0.489 e. The summed E-state index contributed by atoms with van der Waals surface area (Å²) < 4.78 is 5.76. The van der Waals surface area contributed by atoms with Gasteiger partial charge in [-0.15, -0.1) is 0 Å². The number of hydrogen-bond acceptors (Lipinski definition) is 6. The smallest absolute Gasteiger partial charge is 0.335 e. The molecule has 3 aromatic rings. The van der Waals surface area contributed by atoms with E-state index in [4.69, 9.17) is 4.74 Å². The van der Waals surface area contributed by atoms with Gasteiger partial charge in [-0.05, 0) is 66.9 Å². The van der Waals surface area contributed by atoms with E-state index in [-0.39, 0.29) is 17.9 Å². The molecule has 9 heteroatoms. The van der Waals surface area contributed by atoms with Crippen LogP contribution in [0.2, 0.25) is 0 Å². The first kappa shape index (κ1) is 23.4. The van der Waals surface area contributed by atoms with Crippen molar-refractivity contribution in [1.82, 2.24) is 5.32 Å². The molecule has 0 atom stereocenters. The molecule has 0 radical (unpaired) electrons. The van der Waals surface area contributed by atoms with Gasteiger partial charge in [-0.2, -0.15) is 0 Å². The van der Waals surface area contributed by atoms with Crippen LogP contribution in [0.15, 0.2) is 72.3 Å². The summed E-state index contributed by atoms with van der Waals surface area (Å²) in [5, 5.41) is 13.0. The molecular formula is C26H21N3O6. The van der Waals surface area contributed by atoms with Crippen LogP contribution in [-0.4, -0.2) is 22.8 Å². The average molecular weight is 471 g/mol. The molecule has 4 rings (SSSR count). The van der Waals surface area contributed by atoms with Crippen molar-refractivity contribution in [3.8, 4) is 5.75 Å². The van der Waals surface area contributed by atoms with Crippen molar-refractivity contribution in [2.45, 2.75) is 20.5 Å². The van der Waals surface area contributed by atoms with Gasteiger partial charge in [-0.25, -0.2) is 9.69 Å². The van der Waals surface area contributed by atoms with E-state index in [0.29, 0.717) is 17.0 Å². The Kier molecular flexibility index (Phi) is 6.41. The number of barbiturate groups is 1. The van der Waals surface area contributed by atoms with Gasteiger partial charge >= 0.3 is 6.03 Å². The van der Waals surface area contributed by atoms with Crippen LogP contribution in [0.3, 0.4) is 0 Å². The Labute approximate surface area is 200 Å². The second-order valence-corrected chi connectivity index (χ2v) is 8.03. The van der Waals surface area contributed by atoms with E-state index in [1.165, 1.54) is 18.2 Å². The van der Waals surface area contributed by atoms with Gasteiger partial charge in [0.05, 0.1) is 10.6 Å². The Morgan fingerprint density at radius 3 is 2.43 bits per heavy atom. The number of amides is 4. The van der Waals surface area contributed by atoms with E-state index in [0.717, 1.165) is 21.6 Å². The summed E-state index contributed by atoms with van der Waals surface area (Å²) in [7, 11) is 0. The first-order valence-electron chi connectivity index (χ1n) is 10.7. The summed E-state index contributed by atoms with van der Waals surface area (Å²) in [4.78, 5) is 49.4. The molecule has 1 aliphatic heterocycles. The van der Waals surface area contributed by atoms with Gasteiger partial charge in [-0.1, -0.05) is 29.8 Å². The monoisotopic (exact) mass is 471 g/mol. The molecule has 1 N–H and O–H groups in total. The van der Waals surface area contributed by atoms with Crippen molar-refractivity contribution < 1.29 is 24.0 Å². The highest BCUT2D eigenvalue weighted by Crippen LogP contribution is 2.26. The number of benzene rings is 3. The number of rotatable bonds is 6. The molecule has 1 saturated heterocycles. The molecule has 0 aromatic heterocycles. The van der Waals surface area contributed by atoms with E-state index in [1.807, 2.05) is 13.0 Å². The number of nitro benzene ring substituents is 1. The highest BCUT2D eigenvalue weighted by atomic mass is 16.6. The molecule has 1 fully saturated rings. The fourth-order valence-corrected chi connectivity index (χ4v) is 3.67. The minimum absolute atomic E-state index is 0.00819. The van der Waals surface area contributed by atoms with Crippen LogP contribution in [0.4, 0.5) is 16.2 Å². The van der Waals surface area contributed by atoms with Crippen molar-refractivity contribution in [2.24, 2.45) is 0 Å². The van der Waals surface area contributed by atoms with Crippen molar-refractivity contribution in [3.05, 3.63) is 105 Å². The maximum atomic E-state index is 13.2. The first-order chi connectivity index (χ1) is 16.7. The van der Waals surface area contributed by atoms with E-state index in [9.17, 15) is 24.5 Å². The Hall–Kier alpha value is -4.79. The number of nitro groups is 1. The Morgan fingerprint density at radius 2 is 1.74 bits per heavy atom.